The number of halogens is 1. The fraction of sp³-hybridized carbons (Fsp3) is 0.444. The van der Waals surface area contributed by atoms with E-state index in [2.05, 4.69) is 5.32 Å². The average molecular weight is 350 g/mol. The Morgan fingerprint density at radius 1 is 1.42 bits per heavy atom. The van der Waals surface area contributed by atoms with Crippen LogP contribution in [0.5, 0.6) is 0 Å². The maximum atomic E-state index is 12.6. The fourth-order valence-electron chi connectivity index (χ4n) is 3.22. The van der Waals surface area contributed by atoms with Gasteiger partial charge in [0, 0.05) is 29.7 Å². The van der Waals surface area contributed by atoms with E-state index >= 15 is 0 Å². The van der Waals surface area contributed by atoms with Crippen LogP contribution < -0.4 is 5.32 Å². The Hall–Kier alpha value is -1.85. The van der Waals surface area contributed by atoms with Crippen LogP contribution in [0.2, 0.25) is 5.02 Å². The van der Waals surface area contributed by atoms with Crippen LogP contribution in [0.25, 0.3) is 0 Å². The van der Waals surface area contributed by atoms with Crippen molar-refractivity contribution in [2.45, 2.75) is 38.2 Å². The average Bonchev–Trinajstić information content (AvgIpc) is 3.06. The van der Waals surface area contributed by atoms with Crippen molar-refractivity contribution in [3.05, 3.63) is 46.1 Å². The van der Waals surface area contributed by atoms with Crippen LogP contribution in [0.1, 0.15) is 37.7 Å². The number of esters is 1. The van der Waals surface area contributed by atoms with E-state index in [4.69, 9.17) is 21.1 Å². The highest BCUT2D eigenvalue weighted by Gasteiger charge is 2.34. The molecule has 0 radical (unpaired) electrons. The Kier molecular flexibility index (Phi) is 5.21. The second-order valence-corrected chi connectivity index (χ2v) is 6.51. The molecule has 6 heteroatoms. The van der Waals surface area contributed by atoms with Crippen LogP contribution in [0, 0.1) is 0 Å². The van der Waals surface area contributed by atoms with Crippen molar-refractivity contribution >= 4 is 23.5 Å². The Bertz CT molecular complexity index is 679. The summed E-state index contributed by atoms with van der Waals surface area (Å²) in [5.74, 6) is -0.953. The summed E-state index contributed by atoms with van der Waals surface area (Å²) in [6.45, 7) is 2.66. The second-order valence-electron chi connectivity index (χ2n) is 6.10. The van der Waals surface area contributed by atoms with E-state index in [0.717, 1.165) is 18.4 Å². The normalized spacial score (nSPS) is 24.0. The molecule has 128 valence electrons. The summed E-state index contributed by atoms with van der Waals surface area (Å²) in [6, 6.07) is 7.26. The minimum absolute atomic E-state index is 0.0354. The van der Waals surface area contributed by atoms with Crippen LogP contribution in [0.15, 0.2) is 35.5 Å². The molecule has 0 spiro atoms. The predicted octanol–water partition coefficient (Wildman–Crippen LogP) is 2.94. The summed E-state index contributed by atoms with van der Waals surface area (Å²) in [5, 5.41) is 3.26. The number of hydrogen-bond donors (Lipinski definition) is 1. The highest BCUT2D eigenvalue weighted by Crippen LogP contribution is 2.37. The molecular formula is C18H20ClNO4. The molecule has 1 fully saturated rings. The molecule has 2 atom stereocenters. The van der Waals surface area contributed by atoms with Crippen molar-refractivity contribution in [3.63, 3.8) is 0 Å². The van der Waals surface area contributed by atoms with Crippen molar-refractivity contribution in [1.29, 1.82) is 0 Å². The smallest absolute Gasteiger partial charge is 0.336 e. The first-order chi connectivity index (χ1) is 11.6. The van der Waals surface area contributed by atoms with Gasteiger partial charge in [0.05, 0.1) is 11.7 Å². The number of amides is 1. The minimum atomic E-state index is -0.423. The third-order valence-corrected chi connectivity index (χ3v) is 4.74. The van der Waals surface area contributed by atoms with Crippen molar-refractivity contribution < 1.29 is 19.1 Å². The summed E-state index contributed by atoms with van der Waals surface area (Å²) in [6.07, 6.45) is 2.02. The number of nitrogens with one attached hydrogen (secondary N) is 1. The molecule has 2 heterocycles. The fourth-order valence-corrected chi connectivity index (χ4v) is 3.48. The van der Waals surface area contributed by atoms with Crippen LogP contribution in [0.3, 0.4) is 0 Å². The topological polar surface area (TPSA) is 64.6 Å². The Morgan fingerprint density at radius 2 is 2.21 bits per heavy atom. The molecule has 2 aliphatic heterocycles. The first-order valence-electron chi connectivity index (χ1n) is 8.10. The molecule has 1 aromatic carbocycles. The van der Waals surface area contributed by atoms with Crippen LogP contribution in [-0.4, -0.2) is 31.2 Å². The van der Waals surface area contributed by atoms with Crippen molar-refractivity contribution in [1.82, 2.24) is 5.32 Å². The molecule has 5 nitrogen and oxygen atoms in total. The van der Waals surface area contributed by atoms with Gasteiger partial charge in [0.25, 0.3) is 0 Å². The van der Waals surface area contributed by atoms with Gasteiger partial charge in [-0.2, -0.15) is 0 Å². The summed E-state index contributed by atoms with van der Waals surface area (Å²) in [5.41, 5.74) is 1.74. The van der Waals surface area contributed by atoms with E-state index < -0.39 is 11.9 Å². The summed E-state index contributed by atoms with van der Waals surface area (Å²) in [4.78, 5) is 24.6. The maximum absolute atomic E-state index is 12.6. The summed E-state index contributed by atoms with van der Waals surface area (Å²) < 4.78 is 10.9. The number of hydrogen-bond acceptors (Lipinski definition) is 4. The van der Waals surface area contributed by atoms with Crippen molar-refractivity contribution in [3.8, 4) is 0 Å². The third kappa shape index (κ3) is 3.62. The maximum Gasteiger partial charge on any atom is 0.336 e. The van der Waals surface area contributed by atoms with Gasteiger partial charge in [0.2, 0.25) is 5.91 Å². The van der Waals surface area contributed by atoms with Crippen LogP contribution >= 0.6 is 11.6 Å². The zero-order valence-electron chi connectivity index (χ0n) is 13.5. The molecule has 1 N–H and O–H groups in total. The lowest BCUT2D eigenvalue weighted by molar-refractivity contribution is -0.142. The van der Waals surface area contributed by atoms with E-state index in [9.17, 15) is 9.59 Å². The van der Waals surface area contributed by atoms with E-state index in [1.165, 1.54) is 0 Å². The lowest BCUT2D eigenvalue weighted by Crippen LogP contribution is -2.34. The quantitative estimate of drug-likeness (QED) is 0.849. The van der Waals surface area contributed by atoms with Gasteiger partial charge >= 0.3 is 5.97 Å². The number of allylic oxidation sites excluding steroid dienone is 1. The second kappa shape index (κ2) is 7.36. The van der Waals surface area contributed by atoms with Gasteiger partial charge in [-0.25, -0.2) is 4.79 Å². The van der Waals surface area contributed by atoms with E-state index in [-0.39, 0.29) is 25.0 Å². The van der Waals surface area contributed by atoms with Gasteiger partial charge in [-0.1, -0.05) is 29.8 Å². The molecule has 2 aliphatic rings. The SMILES string of the molecule is CC1=C(C(=O)OC[C@H]2CCCO2)[C@H](c2ccccc2Cl)CC(=O)N1. The summed E-state index contributed by atoms with van der Waals surface area (Å²) in [7, 11) is 0. The Morgan fingerprint density at radius 3 is 2.92 bits per heavy atom. The van der Waals surface area contributed by atoms with Gasteiger partial charge < -0.3 is 14.8 Å². The van der Waals surface area contributed by atoms with Gasteiger partial charge in [-0.05, 0) is 31.4 Å². The number of carbonyl (C=O) groups excluding carboxylic acids is 2. The first-order valence-corrected chi connectivity index (χ1v) is 8.48. The van der Waals surface area contributed by atoms with Gasteiger partial charge in [0.1, 0.15) is 6.61 Å². The van der Waals surface area contributed by atoms with E-state index in [1.54, 1.807) is 13.0 Å². The molecule has 24 heavy (non-hydrogen) atoms. The molecule has 0 aliphatic carbocycles. The molecular weight excluding hydrogens is 330 g/mol. The number of benzene rings is 1. The Balaban J connectivity index is 1.83. The zero-order chi connectivity index (χ0) is 17.1. The van der Waals surface area contributed by atoms with Crippen molar-refractivity contribution in [2.24, 2.45) is 0 Å². The van der Waals surface area contributed by atoms with Gasteiger partial charge in [-0.3, -0.25) is 4.79 Å². The molecule has 0 aromatic heterocycles. The molecule has 1 amide bonds. The molecule has 3 rings (SSSR count). The van der Waals surface area contributed by atoms with E-state index in [0.29, 0.717) is 22.9 Å². The standard InChI is InChI=1S/C18H20ClNO4/c1-11-17(18(22)24-10-12-5-4-8-23-12)14(9-16(21)20-11)13-6-2-3-7-15(13)19/h2-3,6-7,12,14H,4-5,8-10H2,1H3,(H,20,21)/t12-,14+/m1/s1. The lowest BCUT2D eigenvalue weighted by atomic mass is 9.84. The zero-order valence-corrected chi connectivity index (χ0v) is 14.3. The predicted molar refractivity (Wildman–Crippen MR) is 89.6 cm³/mol. The molecule has 0 saturated carbocycles. The highest BCUT2D eigenvalue weighted by atomic mass is 35.5. The number of ether oxygens (including phenoxy) is 2. The number of rotatable bonds is 4. The monoisotopic (exact) mass is 349 g/mol. The Labute approximate surface area is 146 Å². The van der Waals surface area contributed by atoms with E-state index in [1.807, 2.05) is 18.2 Å². The third-order valence-electron chi connectivity index (χ3n) is 4.39. The van der Waals surface area contributed by atoms with Crippen LogP contribution in [0.4, 0.5) is 0 Å². The molecule has 0 bridgehead atoms. The molecule has 1 aromatic rings. The molecule has 1 saturated heterocycles. The lowest BCUT2D eigenvalue weighted by Gasteiger charge is -2.27. The first kappa shape index (κ1) is 17.0. The summed E-state index contributed by atoms with van der Waals surface area (Å²) >= 11 is 6.28. The van der Waals surface area contributed by atoms with Gasteiger partial charge in [-0.15, -0.1) is 0 Å². The van der Waals surface area contributed by atoms with Crippen LogP contribution in [-0.2, 0) is 19.1 Å². The largest absolute Gasteiger partial charge is 0.460 e. The highest BCUT2D eigenvalue weighted by molar-refractivity contribution is 6.31. The number of carbonyl (C=O) groups is 2. The van der Waals surface area contributed by atoms with Gasteiger partial charge in [0.15, 0.2) is 0 Å². The molecule has 0 unspecified atom stereocenters. The van der Waals surface area contributed by atoms with Crippen molar-refractivity contribution in [2.75, 3.05) is 13.2 Å². The minimum Gasteiger partial charge on any atom is -0.460 e.